The molecular formula is C15H23ClIN3S. The monoisotopic (exact) mass is 439 g/mol. The molecule has 1 aromatic carbocycles. The predicted octanol–water partition coefficient (Wildman–Crippen LogP) is 3.52. The molecule has 1 fully saturated rings. The fraction of sp³-hybridized carbons (Fsp3) is 0.533. The number of guanidine groups is 1. The van der Waals surface area contributed by atoms with E-state index in [4.69, 9.17) is 11.6 Å². The number of hydrogen-bond donors (Lipinski definition) is 2. The van der Waals surface area contributed by atoms with E-state index in [1.165, 1.54) is 18.4 Å². The number of thioether (sulfide) groups is 1. The highest BCUT2D eigenvalue weighted by Crippen LogP contribution is 2.47. The first-order valence-corrected chi connectivity index (χ1v) is 8.67. The van der Waals surface area contributed by atoms with E-state index in [9.17, 15) is 0 Å². The van der Waals surface area contributed by atoms with E-state index in [0.717, 1.165) is 29.8 Å². The van der Waals surface area contributed by atoms with Crippen molar-refractivity contribution in [2.75, 3.05) is 32.1 Å². The summed E-state index contributed by atoms with van der Waals surface area (Å²) in [6.07, 6.45) is 4.56. The maximum absolute atomic E-state index is 5.96. The molecule has 118 valence electrons. The number of hydrogen-bond acceptors (Lipinski definition) is 2. The van der Waals surface area contributed by atoms with E-state index in [1.54, 1.807) is 0 Å². The fourth-order valence-corrected chi connectivity index (χ4v) is 2.70. The van der Waals surface area contributed by atoms with Crippen LogP contribution in [0.25, 0.3) is 0 Å². The highest BCUT2D eigenvalue weighted by Gasteiger charge is 2.44. The molecule has 0 aromatic heterocycles. The third-order valence-electron chi connectivity index (χ3n) is 3.73. The number of aliphatic imine (C=N–C) groups is 1. The first-order valence-electron chi connectivity index (χ1n) is 6.90. The Labute approximate surface area is 153 Å². The van der Waals surface area contributed by atoms with Gasteiger partial charge in [-0.05, 0) is 36.8 Å². The Bertz CT molecular complexity index is 460. The number of halogens is 2. The zero-order valence-electron chi connectivity index (χ0n) is 12.5. The number of benzene rings is 1. The van der Waals surface area contributed by atoms with Crippen LogP contribution < -0.4 is 10.6 Å². The van der Waals surface area contributed by atoms with Crippen LogP contribution in [0, 0.1) is 0 Å². The van der Waals surface area contributed by atoms with Gasteiger partial charge in [0, 0.05) is 36.3 Å². The van der Waals surface area contributed by atoms with E-state index in [0.29, 0.717) is 0 Å². The van der Waals surface area contributed by atoms with Gasteiger partial charge in [0.05, 0.1) is 0 Å². The second-order valence-electron chi connectivity index (χ2n) is 5.13. The Hall–Kier alpha value is -0.140. The molecule has 0 amide bonds. The van der Waals surface area contributed by atoms with Crippen molar-refractivity contribution in [3.63, 3.8) is 0 Å². The van der Waals surface area contributed by atoms with Crippen LogP contribution in [-0.2, 0) is 5.41 Å². The normalized spacial score (nSPS) is 16.0. The van der Waals surface area contributed by atoms with Gasteiger partial charge >= 0.3 is 0 Å². The minimum Gasteiger partial charge on any atom is -0.356 e. The average molecular weight is 440 g/mol. The molecule has 0 aliphatic heterocycles. The maximum atomic E-state index is 5.96. The number of nitrogens with zero attached hydrogens (tertiary/aromatic N) is 1. The molecule has 6 heteroatoms. The molecule has 0 radical (unpaired) electrons. The Kier molecular flexibility index (Phi) is 8.19. The summed E-state index contributed by atoms with van der Waals surface area (Å²) < 4.78 is 0. The first-order chi connectivity index (χ1) is 9.70. The quantitative estimate of drug-likeness (QED) is 0.308. The molecule has 0 spiro atoms. The van der Waals surface area contributed by atoms with E-state index in [-0.39, 0.29) is 29.4 Å². The van der Waals surface area contributed by atoms with Crippen molar-refractivity contribution in [1.29, 1.82) is 0 Å². The zero-order valence-corrected chi connectivity index (χ0v) is 16.4. The predicted molar refractivity (Wildman–Crippen MR) is 106 cm³/mol. The van der Waals surface area contributed by atoms with Gasteiger partial charge in [-0.2, -0.15) is 11.8 Å². The molecule has 1 saturated carbocycles. The highest BCUT2D eigenvalue weighted by molar-refractivity contribution is 14.0. The Balaban J connectivity index is 0.00000220. The summed E-state index contributed by atoms with van der Waals surface area (Å²) in [5, 5.41) is 7.57. The van der Waals surface area contributed by atoms with E-state index in [2.05, 4.69) is 34.0 Å². The lowest BCUT2D eigenvalue weighted by Crippen LogP contribution is -2.42. The molecule has 0 unspecified atom stereocenters. The fourth-order valence-electron chi connectivity index (χ4n) is 2.27. The summed E-state index contributed by atoms with van der Waals surface area (Å²) in [5.41, 5.74) is 1.64. The van der Waals surface area contributed by atoms with Gasteiger partial charge in [-0.15, -0.1) is 24.0 Å². The third-order valence-corrected chi connectivity index (χ3v) is 4.59. The van der Waals surface area contributed by atoms with Crippen LogP contribution in [0.2, 0.25) is 5.02 Å². The number of rotatable bonds is 6. The van der Waals surface area contributed by atoms with Crippen molar-refractivity contribution in [3.05, 3.63) is 34.9 Å². The van der Waals surface area contributed by atoms with E-state index < -0.39 is 0 Å². The van der Waals surface area contributed by atoms with Crippen molar-refractivity contribution < 1.29 is 0 Å². The molecule has 2 rings (SSSR count). The van der Waals surface area contributed by atoms with Gasteiger partial charge in [-0.25, -0.2) is 0 Å². The van der Waals surface area contributed by atoms with Crippen LogP contribution >= 0.6 is 47.3 Å². The van der Waals surface area contributed by atoms with Crippen LogP contribution in [0.4, 0.5) is 0 Å². The van der Waals surface area contributed by atoms with Crippen LogP contribution in [0.15, 0.2) is 29.3 Å². The zero-order chi connectivity index (χ0) is 14.4. The second-order valence-corrected chi connectivity index (χ2v) is 6.55. The van der Waals surface area contributed by atoms with Crippen LogP contribution in [0.5, 0.6) is 0 Å². The summed E-state index contributed by atoms with van der Waals surface area (Å²) in [6, 6.07) is 8.23. The molecular weight excluding hydrogens is 417 g/mol. The maximum Gasteiger partial charge on any atom is 0.191 e. The van der Waals surface area contributed by atoms with Crippen molar-refractivity contribution in [3.8, 4) is 0 Å². The Morgan fingerprint density at radius 1 is 1.29 bits per heavy atom. The summed E-state index contributed by atoms with van der Waals surface area (Å²) in [4.78, 5) is 4.26. The van der Waals surface area contributed by atoms with Crippen molar-refractivity contribution in [1.82, 2.24) is 10.6 Å². The topological polar surface area (TPSA) is 36.4 Å². The molecule has 21 heavy (non-hydrogen) atoms. The summed E-state index contributed by atoms with van der Waals surface area (Å²) in [5.74, 6) is 1.97. The van der Waals surface area contributed by atoms with Crippen molar-refractivity contribution in [2.24, 2.45) is 4.99 Å². The number of nitrogens with one attached hydrogen (secondary N) is 2. The van der Waals surface area contributed by atoms with Gasteiger partial charge < -0.3 is 10.6 Å². The summed E-state index contributed by atoms with van der Waals surface area (Å²) in [6.45, 7) is 1.86. The van der Waals surface area contributed by atoms with Gasteiger partial charge in [0.1, 0.15) is 0 Å². The van der Waals surface area contributed by atoms with Gasteiger partial charge in [0.25, 0.3) is 0 Å². The van der Waals surface area contributed by atoms with Gasteiger partial charge in [-0.3, -0.25) is 4.99 Å². The highest BCUT2D eigenvalue weighted by atomic mass is 127. The SMILES string of the molecule is CN=C(NCCSC)NCC1(c2ccc(Cl)cc2)CC1.I. The van der Waals surface area contributed by atoms with Gasteiger partial charge in [0.2, 0.25) is 0 Å². The van der Waals surface area contributed by atoms with Crippen molar-refractivity contribution in [2.45, 2.75) is 18.3 Å². The van der Waals surface area contributed by atoms with Crippen molar-refractivity contribution >= 4 is 53.3 Å². The van der Waals surface area contributed by atoms with E-state index in [1.807, 2.05) is 30.9 Å². The molecule has 0 atom stereocenters. The molecule has 1 aliphatic carbocycles. The lowest BCUT2D eigenvalue weighted by molar-refractivity contribution is 0.648. The Morgan fingerprint density at radius 2 is 1.95 bits per heavy atom. The Morgan fingerprint density at radius 3 is 2.48 bits per heavy atom. The summed E-state index contributed by atoms with van der Waals surface area (Å²) >= 11 is 7.79. The second kappa shape index (κ2) is 9.10. The standard InChI is InChI=1S/C15H22ClN3S.HI/c1-17-14(18-9-10-20-2)19-11-15(7-8-15)12-3-5-13(16)6-4-12;/h3-6H,7-11H2,1-2H3,(H2,17,18,19);1H. The molecule has 0 saturated heterocycles. The minimum absolute atomic E-state index is 0. The lowest BCUT2D eigenvalue weighted by Gasteiger charge is -2.19. The van der Waals surface area contributed by atoms with Gasteiger partial charge in [-0.1, -0.05) is 23.7 Å². The lowest BCUT2D eigenvalue weighted by atomic mass is 9.96. The van der Waals surface area contributed by atoms with Crippen LogP contribution in [-0.4, -0.2) is 38.1 Å². The summed E-state index contributed by atoms with van der Waals surface area (Å²) in [7, 11) is 1.82. The molecule has 1 aromatic rings. The first kappa shape index (κ1) is 18.9. The molecule has 0 bridgehead atoms. The smallest absolute Gasteiger partial charge is 0.191 e. The van der Waals surface area contributed by atoms with Gasteiger partial charge in [0.15, 0.2) is 5.96 Å². The molecule has 1 aliphatic rings. The van der Waals surface area contributed by atoms with E-state index >= 15 is 0 Å². The molecule has 2 N–H and O–H groups in total. The van der Waals surface area contributed by atoms with Crippen LogP contribution in [0.1, 0.15) is 18.4 Å². The largest absolute Gasteiger partial charge is 0.356 e. The molecule has 3 nitrogen and oxygen atoms in total. The average Bonchev–Trinajstić information content (AvgIpc) is 3.24. The minimum atomic E-state index is 0. The van der Waals surface area contributed by atoms with Crippen LogP contribution in [0.3, 0.4) is 0 Å². The molecule has 0 heterocycles. The third kappa shape index (κ3) is 5.53.